The van der Waals surface area contributed by atoms with Crippen LogP contribution in [-0.2, 0) is 11.2 Å². The molecule has 96 valence electrons. The zero-order valence-electron chi connectivity index (χ0n) is 11.3. The van der Waals surface area contributed by atoms with Gasteiger partial charge in [0.05, 0.1) is 5.75 Å². The normalized spacial score (nSPS) is 12.1. The van der Waals surface area contributed by atoms with Crippen molar-refractivity contribution >= 4 is 17.7 Å². The molecule has 1 aromatic rings. The molecule has 0 aliphatic carbocycles. The molecule has 5 heteroatoms. The molecule has 0 bridgehead atoms. The van der Waals surface area contributed by atoms with E-state index in [1.54, 1.807) is 0 Å². The molecule has 2 N–H and O–H groups in total. The van der Waals surface area contributed by atoms with Crippen molar-refractivity contribution in [3.63, 3.8) is 0 Å². The van der Waals surface area contributed by atoms with Gasteiger partial charge in [0.25, 0.3) is 0 Å². The highest BCUT2D eigenvalue weighted by molar-refractivity contribution is 7.98. The van der Waals surface area contributed by atoms with Crippen molar-refractivity contribution in [2.45, 2.75) is 45.8 Å². The second-order valence-electron chi connectivity index (χ2n) is 5.59. The summed E-state index contributed by atoms with van der Waals surface area (Å²) in [6, 6.07) is 0. The molecule has 0 atom stereocenters. The zero-order chi connectivity index (χ0) is 13.1. The number of nitrogens with two attached hydrogens (primary N) is 1. The summed E-state index contributed by atoms with van der Waals surface area (Å²) in [5.74, 6) is 4.47. The molecule has 0 spiro atoms. The van der Waals surface area contributed by atoms with Crippen LogP contribution < -0.4 is 5.73 Å². The first-order valence-corrected chi connectivity index (χ1v) is 7.03. The Hall–Kier alpha value is -0.840. The molecule has 0 amide bonds. The molecular formula is C12H22N4S. The van der Waals surface area contributed by atoms with E-state index in [9.17, 15) is 0 Å². The Balaban J connectivity index is 2.76. The predicted octanol–water partition coefficient (Wildman–Crippen LogP) is 2.64. The number of hydrogen-bond donors (Lipinski definition) is 1. The van der Waals surface area contributed by atoms with Crippen molar-refractivity contribution in [2.75, 3.05) is 11.5 Å². The van der Waals surface area contributed by atoms with Crippen LogP contribution in [0.1, 0.15) is 46.3 Å². The Labute approximate surface area is 108 Å². The van der Waals surface area contributed by atoms with E-state index in [4.69, 9.17) is 5.73 Å². The van der Waals surface area contributed by atoms with Crippen LogP contribution in [0.3, 0.4) is 0 Å². The van der Waals surface area contributed by atoms with Gasteiger partial charge in [0.1, 0.15) is 11.6 Å². The summed E-state index contributed by atoms with van der Waals surface area (Å²) in [6.45, 7) is 10.6. The molecule has 0 aromatic carbocycles. The lowest BCUT2D eigenvalue weighted by molar-refractivity contribution is 0.539. The Bertz CT molecular complexity index is 371. The van der Waals surface area contributed by atoms with E-state index >= 15 is 0 Å². The van der Waals surface area contributed by atoms with Crippen LogP contribution in [0.15, 0.2) is 0 Å². The Morgan fingerprint density at radius 1 is 1.18 bits per heavy atom. The van der Waals surface area contributed by atoms with E-state index in [0.717, 1.165) is 23.2 Å². The number of thioether (sulfide) groups is 1. The SMILES string of the molecule is CC(C)CSCc1nc(N)nc(C(C)(C)C)n1. The first-order chi connectivity index (χ1) is 7.79. The fraction of sp³-hybridized carbons (Fsp3) is 0.750. The molecule has 0 aliphatic rings. The van der Waals surface area contributed by atoms with E-state index in [2.05, 4.69) is 49.6 Å². The maximum absolute atomic E-state index is 5.72. The quantitative estimate of drug-likeness (QED) is 0.894. The third-order valence-electron chi connectivity index (χ3n) is 2.05. The van der Waals surface area contributed by atoms with E-state index in [-0.39, 0.29) is 5.41 Å². The van der Waals surface area contributed by atoms with Gasteiger partial charge in [-0.15, -0.1) is 0 Å². The molecular weight excluding hydrogens is 232 g/mol. The first-order valence-electron chi connectivity index (χ1n) is 5.87. The van der Waals surface area contributed by atoms with Gasteiger partial charge in [-0.3, -0.25) is 0 Å². The van der Waals surface area contributed by atoms with Crippen LogP contribution in [0, 0.1) is 5.92 Å². The summed E-state index contributed by atoms with van der Waals surface area (Å²) < 4.78 is 0. The molecule has 4 nitrogen and oxygen atoms in total. The van der Waals surface area contributed by atoms with E-state index in [0.29, 0.717) is 11.9 Å². The van der Waals surface area contributed by atoms with E-state index in [1.807, 2.05) is 11.8 Å². The van der Waals surface area contributed by atoms with Gasteiger partial charge >= 0.3 is 0 Å². The number of anilines is 1. The van der Waals surface area contributed by atoms with Crippen LogP contribution in [0.4, 0.5) is 5.95 Å². The summed E-state index contributed by atoms with van der Waals surface area (Å²) in [4.78, 5) is 12.9. The highest BCUT2D eigenvalue weighted by Gasteiger charge is 2.19. The number of nitrogens with zero attached hydrogens (tertiary/aromatic N) is 3. The molecule has 0 saturated carbocycles. The van der Waals surface area contributed by atoms with Gasteiger partial charge in [0.15, 0.2) is 0 Å². The van der Waals surface area contributed by atoms with Gasteiger partial charge in [-0.05, 0) is 11.7 Å². The van der Waals surface area contributed by atoms with Crippen molar-refractivity contribution < 1.29 is 0 Å². The third kappa shape index (κ3) is 4.89. The van der Waals surface area contributed by atoms with Crippen LogP contribution in [-0.4, -0.2) is 20.7 Å². The van der Waals surface area contributed by atoms with E-state index < -0.39 is 0 Å². The standard InChI is InChI=1S/C12H22N4S/c1-8(2)6-17-7-9-14-10(12(3,4)5)16-11(13)15-9/h8H,6-7H2,1-5H3,(H2,13,14,15,16). The highest BCUT2D eigenvalue weighted by atomic mass is 32.2. The largest absolute Gasteiger partial charge is 0.368 e. The van der Waals surface area contributed by atoms with Gasteiger partial charge in [-0.2, -0.15) is 21.7 Å². The smallest absolute Gasteiger partial charge is 0.223 e. The second kappa shape index (κ2) is 5.67. The number of rotatable bonds is 4. The fourth-order valence-corrected chi connectivity index (χ4v) is 2.12. The molecule has 0 unspecified atom stereocenters. The topological polar surface area (TPSA) is 64.7 Å². The minimum atomic E-state index is -0.0888. The molecule has 1 rings (SSSR count). The van der Waals surface area contributed by atoms with Crippen molar-refractivity contribution in [1.29, 1.82) is 0 Å². The van der Waals surface area contributed by atoms with Gasteiger partial charge < -0.3 is 5.73 Å². The minimum Gasteiger partial charge on any atom is -0.368 e. The van der Waals surface area contributed by atoms with Crippen LogP contribution in [0.2, 0.25) is 0 Å². The summed E-state index contributed by atoms with van der Waals surface area (Å²) in [5, 5.41) is 0. The van der Waals surface area contributed by atoms with Crippen LogP contribution >= 0.6 is 11.8 Å². The Kier molecular flexibility index (Phi) is 4.74. The Morgan fingerprint density at radius 3 is 2.35 bits per heavy atom. The minimum absolute atomic E-state index is 0.0888. The lowest BCUT2D eigenvalue weighted by Gasteiger charge is -2.17. The maximum atomic E-state index is 5.72. The molecule has 17 heavy (non-hydrogen) atoms. The van der Waals surface area contributed by atoms with Gasteiger partial charge in [-0.25, -0.2) is 4.98 Å². The first kappa shape index (κ1) is 14.2. The number of nitrogen functional groups attached to an aromatic ring is 1. The average molecular weight is 254 g/mol. The van der Waals surface area contributed by atoms with Crippen molar-refractivity contribution in [3.05, 3.63) is 11.6 Å². The summed E-state index contributed by atoms with van der Waals surface area (Å²) in [5.41, 5.74) is 5.63. The summed E-state index contributed by atoms with van der Waals surface area (Å²) in [7, 11) is 0. The summed E-state index contributed by atoms with van der Waals surface area (Å²) in [6.07, 6.45) is 0. The number of hydrogen-bond acceptors (Lipinski definition) is 5. The van der Waals surface area contributed by atoms with Crippen LogP contribution in [0.5, 0.6) is 0 Å². The molecule has 1 heterocycles. The third-order valence-corrected chi connectivity index (χ3v) is 3.42. The second-order valence-corrected chi connectivity index (χ2v) is 6.62. The molecule has 0 aliphatic heterocycles. The van der Waals surface area contributed by atoms with Crippen molar-refractivity contribution in [3.8, 4) is 0 Å². The maximum Gasteiger partial charge on any atom is 0.223 e. The average Bonchev–Trinajstić information content (AvgIpc) is 2.14. The van der Waals surface area contributed by atoms with Gasteiger partial charge in [-0.1, -0.05) is 34.6 Å². The van der Waals surface area contributed by atoms with Crippen molar-refractivity contribution in [1.82, 2.24) is 15.0 Å². The van der Waals surface area contributed by atoms with E-state index in [1.165, 1.54) is 0 Å². The fourth-order valence-electron chi connectivity index (χ4n) is 1.22. The monoisotopic (exact) mass is 254 g/mol. The van der Waals surface area contributed by atoms with Crippen molar-refractivity contribution in [2.24, 2.45) is 5.92 Å². The molecule has 0 fully saturated rings. The predicted molar refractivity (Wildman–Crippen MR) is 73.9 cm³/mol. The molecule has 0 saturated heterocycles. The highest BCUT2D eigenvalue weighted by Crippen LogP contribution is 2.20. The molecule has 1 aromatic heterocycles. The Morgan fingerprint density at radius 2 is 1.82 bits per heavy atom. The van der Waals surface area contributed by atoms with Crippen LogP contribution in [0.25, 0.3) is 0 Å². The van der Waals surface area contributed by atoms with Gasteiger partial charge in [0, 0.05) is 5.41 Å². The summed E-state index contributed by atoms with van der Waals surface area (Å²) >= 11 is 1.83. The molecule has 0 radical (unpaired) electrons. The lowest BCUT2D eigenvalue weighted by atomic mass is 9.96. The number of aromatic nitrogens is 3. The zero-order valence-corrected chi connectivity index (χ0v) is 12.1. The lowest BCUT2D eigenvalue weighted by Crippen LogP contribution is -2.19. The van der Waals surface area contributed by atoms with Gasteiger partial charge in [0.2, 0.25) is 5.95 Å².